The molecule has 1 unspecified atom stereocenters. The Morgan fingerprint density at radius 1 is 1.03 bits per heavy atom. The third-order valence-corrected chi connectivity index (χ3v) is 6.31. The summed E-state index contributed by atoms with van der Waals surface area (Å²) in [4.78, 5) is 26.2. The van der Waals surface area contributed by atoms with E-state index in [1.54, 1.807) is 31.0 Å². The van der Waals surface area contributed by atoms with Crippen molar-refractivity contribution in [2.45, 2.75) is 6.04 Å². The van der Waals surface area contributed by atoms with Gasteiger partial charge in [-0.1, -0.05) is 11.8 Å². The number of fused-ring (bicyclic) bond motifs is 3. The molecule has 1 N–H and O–H groups in total. The van der Waals surface area contributed by atoms with Crippen LogP contribution in [0.3, 0.4) is 0 Å². The van der Waals surface area contributed by atoms with E-state index in [4.69, 9.17) is 0 Å². The highest BCUT2D eigenvalue weighted by Gasteiger charge is 2.21. The van der Waals surface area contributed by atoms with Crippen molar-refractivity contribution < 1.29 is 9.18 Å². The quantitative estimate of drug-likeness (QED) is 0.317. The fraction of sp³-hybridized carbons (Fsp3) is 0.143. The van der Waals surface area contributed by atoms with Gasteiger partial charge in [0, 0.05) is 54.6 Å². The van der Waals surface area contributed by atoms with Crippen molar-refractivity contribution in [3.63, 3.8) is 0 Å². The highest BCUT2D eigenvalue weighted by molar-refractivity contribution is 6.03. The Labute approximate surface area is 206 Å². The molecule has 0 saturated carbocycles. The second-order valence-electron chi connectivity index (χ2n) is 8.61. The van der Waals surface area contributed by atoms with E-state index in [-0.39, 0.29) is 11.9 Å². The summed E-state index contributed by atoms with van der Waals surface area (Å²) in [6.45, 7) is 1.70. The van der Waals surface area contributed by atoms with Crippen molar-refractivity contribution >= 4 is 33.9 Å². The molecular weight excluding hydrogens is 455 g/mol. The topological polar surface area (TPSA) is 75.9 Å². The van der Waals surface area contributed by atoms with Gasteiger partial charge in [0.25, 0.3) is 0 Å². The van der Waals surface area contributed by atoms with E-state index in [0.29, 0.717) is 36.5 Å². The van der Waals surface area contributed by atoms with Crippen LogP contribution in [0.2, 0.25) is 0 Å². The minimum atomic E-state index is -0.345. The fourth-order valence-electron chi connectivity index (χ4n) is 4.54. The Balaban J connectivity index is 1.41. The average Bonchev–Trinajstić information content (AvgIpc) is 3.37. The SMILES string of the molecule is O=CC1CN(c2ccc(-n3cnc4cnc5ccc(C#Cc6cccnc6)cc5c43)cc2F)CCN1. The summed E-state index contributed by atoms with van der Waals surface area (Å²) in [6.07, 6.45) is 7.71. The van der Waals surface area contributed by atoms with Crippen LogP contribution in [-0.2, 0) is 4.79 Å². The third-order valence-electron chi connectivity index (χ3n) is 6.31. The number of carbonyl (C=O) groups excluding carboxylic acids is 1. The lowest BCUT2D eigenvalue weighted by Gasteiger charge is -2.33. The van der Waals surface area contributed by atoms with Crippen molar-refractivity contribution in [3.8, 4) is 17.5 Å². The first-order valence-electron chi connectivity index (χ1n) is 11.6. The summed E-state index contributed by atoms with van der Waals surface area (Å²) in [5, 5.41) is 4.00. The van der Waals surface area contributed by atoms with E-state index < -0.39 is 0 Å². The normalized spacial score (nSPS) is 15.6. The molecule has 1 saturated heterocycles. The Morgan fingerprint density at radius 2 is 1.94 bits per heavy atom. The van der Waals surface area contributed by atoms with Gasteiger partial charge in [-0.15, -0.1) is 0 Å². The van der Waals surface area contributed by atoms with E-state index in [2.05, 4.69) is 32.1 Å². The highest BCUT2D eigenvalue weighted by atomic mass is 19.1. The molecule has 1 aliphatic heterocycles. The van der Waals surface area contributed by atoms with Gasteiger partial charge in [0.2, 0.25) is 0 Å². The van der Waals surface area contributed by atoms with Gasteiger partial charge in [0.15, 0.2) is 0 Å². The fourth-order valence-corrected chi connectivity index (χ4v) is 4.54. The number of nitrogens with one attached hydrogen (secondary N) is 1. The van der Waals surface area contributed by atoms with E-state index in [0.717, 1.165) is 33.8 Å². The molecule has 0 aliphatic carbocycles. The van der Waals surface area contributed by atoms with E-state index in [1.807, 2.05) is 45.9 Å². The monoisotopic (exact) mass is 476 g/mol. The van der Waals surface area contributed by atoms with Crippen LogP contribution >= 0.6 is 0 Å². The molecule has 1 atom stereocenters. The number of rotatable bonds is 3. The number of anilines is 1. The molecule has 0 spiro atoms. The lowest BCUT2D eigenvalue weighted by atomic mass is 10.1. The summed E-state index contributed by atoms with van der Waals surface area (Å²) in [5.74, 6) is 5.97. The predicted molar refractivity (Wildman–Crippen MR) is 137 cm³/mol. The third kappa shape index (κ3) is 4.06. The summed E-state index contributed by atoms with van der Waals surface area (Å²) in [7, 11) is 0. The van der Waals surface area contributed by atoms with Gasteiger partial charge in [-0.25, -0.2) is 9.37 Å². The van der Waals surface area contributed by atoms with E-state index in [1.165, 1.54) is 6.07 Å². The number of aromatic nitrogens is 4. The molecular formula is C28H21FN6O. The number of carbonyl (C=O) groups is 1. The molecule has 4 heterocycles. The molecule has 176 valence electrons. The minimum absolute atomic E-state index is 0.301. The number of hydrogen-bond donors (Lipinski definition) is 1. The molecule has 36 heavy (non-hydrogen) atoms. The Hall–Kier alpha value is -4.61. The number of piperazine rings is 1. The molecule has 6 rings (SSSR count). The lowest BCUT2D eigenvalue weighted by Crippen LogP contribution is -2.51. The highest BCUT2D eigenvalue weighted by Crippen LogP contribution is 2.29. The molecule has 5 aromatic rings. The Kier molecular flexibility index (Phi) is 5.60. The summed E-state index contributed by atoms with van der Waals surface area (Å²) < 4.78 is 17.1. The molecule has 1 fully saturated rings. The van der Waals surface area contributed by atoms with Crippen LogP contribution in [0, 0.1) is 17.7 Å². The number of imidazole rings is 1. The average molecular weight is 477 g/mol. The molecule has 2 aromatic carbocycles. The number of halogens is 1. The van der Waals surface area contributed by atoms with Crippen LogP contribution in [0.1, 0.15) is 11.1 Å². The first-order valence-corrected chi connectivity index (χ1v) is 11.6. The zero-order chi connectivity index (χ0) is 24.5. The maximum absolute atomic E-state index is 15.3. The summed E-state index contributed by atoms with van der Waals surface area (Å²) >= 11 is 0. The van der Waals surface area contributed by atoms with Crippen molar-refractivity contribution in [3.05, 3.63) is 90.4 Å². The molecule has 0 bridgehead atoms. The zero-order valence-electron chi connectivity index (χ0n) is 19.2. The first kappa shape index (κ1) is 21.9. The van der Waals surface area contributed by atoms with Gasteiger partial charge in [-0.3, -0.25) is 14.5 Å². The molecule has 3 aromatic heterocycles. The van der Waals surface area contributed by atoms with Gasteiger partial charge in [-0.2, -0.15) is 0 Å². The lowest BCUT2D eigenvalue weighted by molar-refractivity contribution is -0.109. The standard InChI is InChI=1S/C28H21FN6O/c29-24-13-22(6-8-27(24)34-11-10-31-21(16-34)17-36)35-18-33-26-15-32-25-7-5-19(12-23(25)28(26)35)3-4-20-2-1-9-30-14-20/h1-2,5-9,12-15,17-18,21,31H,10-11,16H2. The van der Waals surface area contributed by atoms with Gasteiger partial charge in [0.1, 0.15) is 23.9 Å². The van der Waals surface area contributed by atoms with Crippen molar-refractivity contribution in [1.82, 2.24) is 24.8 Å². The maximum Gasteiger partial charge on any atom is 0.148 e. The van der Waals surface area contributed by atoms with Crippen molar-refractivity contribution in [2.24, 2.45) is 0 Å². The Morgan fingerprint density at radius 3 is 2.78 bits per heavy atom. The summed E-state index contributed by atoms with van der Waals surface area (Å²) in [6, 6.07) is 14.4. The number of pyridine rings is 2. The smallest absolute Gasteiger partial charge is 0.148 e. The van der Waals surface area contributed by atoms with Gasteiger partial charge in [0.05, 0.1) is 34.6 Å². The van der Waals surface area contributed by atoms with Gasteiger partial charge >= 0.3 is 0 Å². The van der Waals surface area contributed by atoms with Crippen molar-refractivity contribution in [2.75, 3.05) is 24.5 Å². The van der Waals surface area contributed by atoms with Crippen LogP contribution in [0.25, 0.3) is 27.6 Å². The molecule has 0 amide bonds. The number of nitrogens with zero attached hydrogens (tertiary/aromatic N) is 5. The second-order valence-corrected chi connectivity index (χ2v) is 8.61. The number of hydrogen-bond acceptors (Lipinski definition) is 6. The van der Waals surface area contributed by atoms with Crippen molar-refractivity contribution in [1.29, 1.82) is 0 Å². The zero-order valence-corrected chi connectivity index (χ0v) is 19.2. The molecule has 0 radical (unpaired) electrons. The molecule has 7 nitrogen and oxygen atoms in total. The van der Waals surface area contributed by atoms with Crippen LogP contribution in [0.5, 0.6) is 0 Å². The molecule has 8 heteroatoms. The Bertz CT molecular complexity index is 1650. The van der Waals surface area contributed by atoms with E-state index >= 15 is 4.39 Å². The van der Waals surface area contributed by atoms with Crippen LogP contribution in [0.15, 0.2) is 73.4 Å². The van der Waals surface area contributed by atoms with Gasteiger partial charge in [-0.05, 0) is 42.5 Å². The minimum Gasteiger partial charge on any atom is -0.366 e. The number of aldehydes is 1. The van der Waals surface area contributed by atoms with Crippen LogP contribution in [-0.4, -0.2) is 51.5 Å². The largest absolute Gasteiger partial charge is 0.366 e. The predicted octanol–water partition coefficient (Wildman–Crippen LogP) is 3.48. The second kappa shape index (κ2) is 9.21. The number of benzene rings is 2. The maximum atomic E-state index is 15.3. The van der Waals surface area contributed by atoms with E-state index in [9.17, 15) is 4.79 Å². The first-order chi connectivity index (χ1) is 17.7. The van der Waals surface area contributed by atoms with Gasteiger partial charge < -0.3 is 15.0 Å². The van der Waals surface area contributed by atoms with Crippen LogP contribution < -0.4 is 10.2 Å². The van der Waals surface area contributed by atoms with Crippen LogP contribution in [0.4, 0.5) is 10.1 Å². The molecule has 1 aliphatic rings. The summed E-state index contributed by atoms with van der Waals surface area (Å²) in [5.41, 5.74) is 5.14.